The molecular weight excluding hydrogens is 460 g/mol. The average Bonchev–Trinajstić information content (AvgIpc) is 3.42. The summed E-state index contributed by atoms with van der Waals surface area (Å²) in [5.41, 5.74) is 0.982. The van der Waals surface area contributed by atoms with E-state index < -0.39 is 10.0 Å². The normalized spacial score (nSPS) is 20.3. The van der Waals surface area contributed by atoms with Gasteiger partial charge in [0.25, 0.3) is 5.91 Å². The van der Waals surface area contributed by atoms with Crippen molar-refractivity contribution in [1.82, 2.24) is 14.9 Å². The SMILES string of the molecule is O=C(NCCNC(=O)C1CCCC1)c1cc(S(=O)(=O)N2CCOCC2)ccc1N1CCOCC1. The number of hydrogen-bond donors (Lipinski definition) is 2. The molecule has 1 aliphatic carbocycles. The van der Waals surface area contributed by atoms with Crippen LogP contribution in [0.5, 0.6) is 0 Å². The molecule has 0 bridgehead atoms. The number of nitrogens with zero attached hydrogens (tertiary/aromatic N) is 2. The summed E-state index contributed by atoms with van der Waals surface area (Å²) in [6.07, 6.45) is 4.02. The van der Waals surface area contributed by atoms with Crippen LogP contribution in [-0.4, -0.2) is 90.2 Å². The van der Waals surface area contributed by atoms with Gasteiger partial charge in [0.2, 0.25) is 15.9 Å². The fourth-order valence-electron chi connectivity index (χ4n) is 4.66. The van der Waals surface area contributed by atoms with Gasteiger partial charge in [-0.1, -0.05) is 12.8 Å². The predicted molar refractivity (Wildman–Crippen MR) is 126 cm³/mol. The summed E-state index contributed by atoms with van der Waals surface area (Å²) in [7, 11) is -3.74. The molecule has 4 rings (SSSR count). The van der Waals surface area contributed by atoms with Gasteiger partial charge in [-0.3, -0.25) is 9.59 Å². The zero-order valence-electron chi connectivity index (χ0n) is 19.5. The second-order valence-corrected chi connectivity index (χ2v) is 10.8. The van der Waals surface area contributed by atoms with Crippen molar-refractivity contribution in [3.63, 3.8) is 0 Å². The van der Waals surface area contributed by atoms with E-state index in [2.05, 4.69) is 10.6 Å². The summed E-state index contributed by atoms with van der Waals surface area (Å²) in [5.74, 6) is -0.249. The molecule has 0 aromatic heterocycles. The Morgan fingerprint density at radius 1 is 0.912 bits per heavy atom. The highest BCUT2D eigenvalue weighted by atomic mass is 32.2. The fraction of sp³-hybridized carbons (Fsp3) is 0.652. The van der Waals surface area contributed by atoms with E-state index >= 15 is 0 Å². The van der Waals surface area contributed by atoms with Gasteiger partial charge in [-0.05, 0) is 31.0 Å². The summed E-state index contributed by atoms with van der Waals surface area (Å²) in [5, 5.41) is 5.74. The molecule has 0 radical (unpaired) electrons. The first-order chi connectivity index (χ1) is 16.5. The van der Waals surface area contributed by atoms with Crippen LogP contribution in [0.15, 0.2) is 23.1 Å². The van der Waals surface area contributed by atoms with Crippen LogP contribution in [0.2, 0.25) is 0 Å². The number of anilines is 1. The van der Waals surface area contributed by atoms with E-state index in [0.29, 0.717) is 57.3 Å². The van der Waals surface area contributed by atoms with Gasteiger partial charge in [-0.2, -0.15) is 4.31 Å². The van der Waals surface area contributed by atoms with E-state index in [9.17, 15) is 18.0 Å². The zero-order valence-corrected chi connectivity index (χ0v) is 20.3. The molecule has 3 aliphatic rings. The second kappa shape index (κ2) is 11.5. The van der Waals surface area contributed by atoms with Crippen LogP contribution in [-0.2, 0) is 24.3 Å². The number of carbonyl (C=O) groups is 2. The van der Waals surface area contributed by atoms with Gasteiger partial charge in [-0.15, -0.1) is 0 Å². The predicted octanol–water partition coefficient (Wildman–Crippen LogP) is 0.580. The Balaban J connectivity index is 1.47. The molecule has 1 saturated carbocycles. The fourth-order valence-corrected chi connectivity index (χ4v) is 6.10. The van der Waals surface area contributed by atoms with Crippen LogP contribution in [0.1, 0.15) is 36.0 Å². The Bertz CT molecular complexity index is 968. The minimum absolute atomic E-state index is 0.0411. The molecule has 2 amide bonds. The maximum Gasteiger partial charge on any atom is 0.253 e. The highest BCUT2D eigenvalue weighted by Gasteiger charge is 2.29. The first-order valence-corrected chi connectivity index (χ1v) is 13.5. The van der Waals surface area contributed by atoms with E-state index in [1.54, 1.807) is 12.1 Å². The summed E-state index contributed by atoms with van der Waals surface area (Å²) in [6.45, 7) is 4.20. The Kier molecular flexibility index (Phi) is 8.41. The molecule has 0 spiro atoms. The summed E-state index contributed by atoms with van der Waals surface area (Å²) < 4.78 is 38.4. The maximum atomic E-state index is 13.2. The monoisotopic (exact) mass is 494 g/mol. The number of nitrogens with one attached hydrogen (secondary N) is 2. The van der Waals surface area contributed by atoms with Crippen LogP contribution >= 0.6 is 0 Å². The molecule has 11 heteroatoms. The van der Waals surface area contributed by atoms with Gasteiger partial charge in [0.05, 0.1) is 36.9 Å². The number of hydrogen-bond acceptors (Lipinski definition) is 7. The third kappa shape index (κ3) is 5.88. The molecule has 188 valence electrons. The van der Waals surface area contributed by atoms with Gasteiger partial charge < -0.3 is 25.0 Å². The van der Waals surface area contributed by atoms with Crippen LogP contribution < -0.4 is 15.5 Å². The van der Waals surface area contributed by atoms with Crippen molar-refractivity contribution in [3.8, 4) is 0 Å². The smallest absolute Gasteiger partial charge is 0.253 e. The molecule has 1 aromatic carbocycles. The van der Waals surface area contributed by atoms with Crippen LogP contribution in [0.3, 0.4) is 0 Å². The molecule has 2 heterocycles. The standard InChI is InChI=1S/C23H34N4O6S/c28-22(18-3-1-2-4-18)24-7-8-25-23(29)20-17-19(34(30,31)27-11-15-33-16-12-27)5-6-21(20)26-9-13-32-14-10-26/h5-6,17-18H,1-4,7-16H2,(H,24,28)(H,25,29). The highest BCUT2D eigenvalue weighted by molar-refractivity contribution is 7.89. The lowest BCUT2D eigenvalue weighted by atomic mass is 10.1. The van der Waals surface area contributed by atoms with Crippen molar-refractivity contribution in [2.45, 2.75) is 30.6 Å². The van der Waals surface area contributed by atoms with Gasteiger partial charge in [-0.25, -0.2) is 8.42 Å². The third-order valence-corrected chi connectivity index (χ3v) is 8.50. The molecule has 0 atom stereocenters. The van der Waals surface area contributed by atoms with Crippen molar-refractivity contribution >= 4 is 27.5 Å². The van der Waals surface area contributed by atoms with Crippen LogP contribution in [0, 0.1) is 5.92 Å². The van der Waals surface area contributed by atoms with E-state index in [-0.39, 0.29) is 42.3 Å². The molecule has 3 fully saturated rings. The maximum absolute atomic E-state index is 13.2. The molecule has 2 aliphatic heterocycles. The molecule has 0 unspecified atom stereocenters. The molecule has 34 heavy (non-hydrogen) atoms. The van der Waals surface area contributed by atoms with E-state index in [4.69, 9.17) is 9.47 Å². The Hall–Kier alpha value is -2.21. The summed E-state index contributed by atoms with van der Waals surface area (Å²) in [6, 6.07) is 4.73. The molecule has 2 saturated heterocycles. The van der Waals surface area contributed by atoms with E-state index in [1.165, 1.54) is 10.4 Å². The Labute approximate surface area is 201 Å². The molecular formula is C23H34N4O6S. The highest BCUT2D eigenvalue weighted by Crippen LogP contribution is 2.27. The van der Waals surface area contributed by atoms with Crippen molar-refractivity contribution < 1.29 is 27.5 Å². The quantitative estimate of drug-likeness (QED) is 0.508. The number of sulfonamides is 1. The average molecular weight is 495 g/mol. The lowest BCUT2D eigenvalue weighted by Crippen LogP contribution is -2.41. The molecule has 10 nitrogen and oxygen atoms in total. The van der Waals surface area contributed by atoms with Gasteiger partial charge >= 0.3 is 0 Å². The first kappa shape index (κ1) is 24.9. The zero-order chi connectivity index (χ0) is 24.0. The van der Waals surface area contributed by atoms with Crippen LogP contribution in [0.4, 0.5) is 5.69 Å². The van der Waals surface area contributed by atoms with Gasteiger partial charge in [0.15, 0.2) is 0 Å². The number of benzene rings is 1. The summed E-state index contributed by atoms with van der Waals surface area (Å²) in [4.78, 5) is 27.5. The van der Waals surface area contributed by atoms with Crippen LogP contribution in [0.25, 0.3) is 0 Å². The Morgan fingerprint density at radius 2 is 1.53 bits per heavy atom. The molecule has 2 N–H and O–H groups in total. The van der Waals surface area contributed by atoms with Gasteiger partial charge in [0.1, 0.15) is 0 Å². The number of carbonyl (C=O) groups excluding carboxylic acids is 2. The third-order valence-electron chi connectivity index (χ3n) is 6.61. The van der Waals surface area contributed by atoms with Crippen molar-refractivity contribution in [2.24, 2.45) is 5.92 Å². The van der Waals surface area contributed by atoms with E-state index in [0.717, 1.165) is 25.7 Å². The van der Waals surface area contributed by atoms with Crippen molar-refractivity contribution in [2.75, 3.05) is 70.6 Å². The topological polar surface area (TPSA) is 117 Å². The van der Waals surface area contributed by atoms with Gasteiger partial charge in [0, 0.05) is 50.9 Å². The Morgan fingerprint density at radius 3 is 2.21 bits per heavy atom. The lowest BCUT2D eigenvalue weighted by Gasteiger charge is -2.31. The summed E-state index contributed by atoms with van der Waals surface area (Å²) >= 11 is 0. The lowest BCUT2D eigenvalue weighted by molar-refractivity contribution is -0.124. The second-order valence-electron chi connectivity index (χ2n) is 8.82. The minimum Gasteiger partial charge on any atom is -0.379 e. The number of morpholine rings is 2. The minimum atomic E-state index is -3.74. The first-order valence-electron chi connectivity index (χ1n) is 12.1. The van der Waals surface area contributed by atoms with Crippen molar-refractivity contribution in [1.29, 1.82) is 0 Å². The van der Waals surface area contributed by atoms with E-state index in [1.807, 2.05) is 4.90 Å². The molecule has 1 aromatic rings. The number of rotatable bonds is 8. The number of ether oxygens (including phenoxy) is 2. The largest absolute Gasteiger partial charge is 0.379 e. The number of amides is 2. The van der Waals surface area contributed by atoms with Crippen molar-refractivity contribution in [3.05, 3.63) is 23.8 Å².